The third kappa shape index (κ3) is 3.24. The minimum absolute atomic E-state index is 0.436. The summed E-state index contributed by atoms with van der Waals surface area (Å²) >= 11 is 0. The van der Waals surface area contributed by atoms with E-state index < -0.39 is 10.8 Å². The first-order chi connectivity index (χ1) is 7.20. The Hall–Kier alpha value is -1.02. The van der Waals surface area contributed by atoms with Crippen LogP contribution in [0.4, 0.5) is 0 Å². The van der Waals surface area contributed by atoms with Crippen molar-refractivity contribution in [1.82, 2.24) is 0 Å². The van der Waals surface area contributed by atoms with Crippen LogP contribution in [0.2, 0.25) is 0 Å². The van der Waals surface area contributed by atoms with Crippen LogP contribution in [-0.2, 0) is 0 Å². The molecule has 0 spiro atoms. The molecule has 0 amide bonds. The fourth-order valence-electron chi connectivity index (χ4n) is 2.33. The molecule has 0 aromatic carbocycles. The molecular weight excluding hydrogens is 196 g/mol. The molecule has 16 heavy (non-hydrogen) atoms. The normalized spacial score (nSPS) is 12.6. The maximum Gasteiger partial charge on any atom is 0.0759 e. The zero-order valence-electron chi connectivity index (χ0n) is 11.5. The maximum atomic E-state index is 9.54. The molecule has 0 bridgehead atoms. The van der Waals surface area contributed by atoms with Crippen molar-refractivity contribution in [2.75, 3.05) is 0 Å². The van der Waals surface area contributed by atoms with Crippen LogP contribution in [0.25, 0.3) is 0 Å². The van der Waals surface area contributed by atoms with Gasteiger partial charge < -0.3 is 0 Å². The van der Waals surface area contributed by atoms with Crippen LogP contribution >= 0.6 is 0 Å². The van der Waals surface area contributed by atoms with Gasteiger partial charge in [0, 0.05) is 0 Å². The summed E-state index contributed by atoms with van der Waals surface area (Å²) < 4.78 is 0. The summed E-state index contributed by atoms with van der Waals surface area (Å²) in [4.78, 5) is 0. The highest BCUT2D eigenvalue weighted by molar-refractivity contribution is 5.15. The molecule has 0 aromatic heterocycles. The first kappa shape index (κ1) is 15.0. The summed E-state index contributed by atoms with van der Waals surface area (Å²) in [7, 11) is 0. The molecule has 0 aliphatic rings. The second-order valence-corrected chi connectivity index (χ2v) is 6.13. The smallest absolute Gasteiger partial charge is 0.0759 e. The van der Waals surface area contributed by atoms with E-state index in [9.17, 15) is 10.5 Å². The second-order valence-electron chi connectivity index (χ2n) is 6.13. The van der Waals surface area contributed by atoms with Crippen molar-refractivity contribution in [3.63, 3.8) is 0 Å². The quantitative estimate of drug-likeness (QED) is 0.699. The van der Waals surface area contributed by atoms with Gasteiger partial charge in [-0.2, -0.15) is 10.5 Å². The third-order valence-electron chi connectivity index (χ3n) is 3.20. The molecule has 2 nitrogen and oxygen atoms in total. The number of nitrogens with zero attached hydrogens (tertiary/aromatic N) is 2. The van der Waals surface area contributed by atoms with Crippen LogP contribution < -0.4 is 0 Å². The Balaban J connectivity index is 5.32. The molecule has 0 aliphatic carbocycles. The summed E-state index contributed by atoms with van der Waals surface area (Å²) in [6, 6.07) is 4.77. The number of rotatable bonds is 5. The predicted octanol–water partition coefficient (Wildman–Crippen LogP) is 4.14. The SMILES string of the molecule is CC(C)CC(C#N)(CC(C)C)C(C)(C)C#N. The lowest BCUT2D eigenvalue weighted by Gasteiger charge is -2.39. The van der Waals surface area contributed by atoms with E-state index in [2.05, 4.69) is 39.8 Å². The van der Waals surface area contributed by atoms with Crippen molar-refractivity contribution >= 4 is 0 Å². The molecule has 0 saturated carbocycles. The van der Waals surface area contributed by atoms with Gasteiger partial charge in [-0.1, -0.05) is 27.7 Å². The van der Waals surface area contributed by atoms with Crippen LogP contribution in [0.3, 0.4) is 0 Å². The van der Waals surface area contributed by atoms with Gasteiger partial charge in [-0.25, -0.2) is 0 Å². The van der Waals surface area contributed by atoms with Crippen LogP contribution in [0.15, 0.2) is 0 Å². The van der Waals surface area contributed by atoms with Gasteiger partial charge in [-0.3, -0.25) is 0 Å². The van der Waals surface area contributed by atoms with Crippen molar-refractivity contribution in [3.05, 3.63) is 0 Å². The lowest BCUT2D eigenvalue weighted by Crippen LogP contribution is -2.38. The highest BCUT2D eigenvalue weighted by atomic mass is 14.5. The average Bonchev–Trinajstić information content (AvgIpc) is 2.14. The lowest BCUT2D eigenvalue weighted by atomic mass is 9.60. The van der Waals surface area contributed by atoms with Gasteiger partial charge in [0.05, 0.1) is 23.0 Å². The highest BCUT2D eigenvalue weighted by Gasteiger charge is 2.46. The van der Waals surface area contributed by atoms with Gasteiger partial charge in [0.2, 0.25) is 0 Å². The molecule has 0 aromatic rings. The highest BCUT2D eigenvalue weighted by Crippen LogP contribution is 2.47. The summed E-state index contributed by atoms with van der Waals surface area (Å²) in [6.45, 7) is 12.2. The molecule has 0 N–H and O–H groups in total. The Bertz CT molecular complexity index is 290. The first-order valence-corrected chi connectivity index (χ1v) is 6.03. The van der Waals surface area contributed by atoms with Crippen molar-refractivity contribution in [3.8, 4) is 12.1 Å². The van der Waals surface area contributed by atoms with Gasteiger partial charge in [-0.05, 0) is 38.5 Å². The molecule has 0 saturated heterocycles. The van der Waals surface area contributed by atoms with E-state index >= 15 is 0 Å². The Morgan fingerprint density at radius 2 is 1.25 bits per heavy atom. The van der Waals surface area contributed by atoms with Crippen molar-refractivity contribution < 1.29 is 0 Å². The largest absolute Gasteiger partial charge is 0.198 e. The Labute approximate surface area is 100 Å². The fraction of sp³-hybridized carbons (Fsp3) is 0.857. The zero-order chi connectivity index (χ0) is 13.0. The van der Waals surface area contributed by atoms with E-state index in [0.717, 1.165) is 12.8 Å². The van der Waals surface area contributed by atoms with Crippen LogP contribution in [0.1, 0.15) is 54.4 Å². The molecule has 0 rings (SSSR count). The number of hydrogen-bond donors (Lipinski definition) is 0. The van der Waals surface area contributed by atoms with Crippen LogP contribution in [0, 0.1) is 45.3 Å². The van der Waals surface area contributed by atoms with Gasteiger partial charge in [0.15, 0.2) is 0 Å². The first-order valence-electron chi connectivity index (χ1n) is 6.03. The van der Waals surface area contributed by atoms with E-state index in [1.165, 1.54) is 0 Å². The lowest BCUT2D eigenvalue weighted by molar-refractivity contribution is 0.128. The maximum absolute atomic E-state index is 9.54. The Morgan fingerprint density at radius 3 is 1.44 bits per heavy atom. The summed E-state index contributed by atoms with van der Waals surface area (Å²) in [5, 5.41) is 18.8. The van der Waals surface area contributed by atoms with E-state index in [0.29, 0.717) is 11.8 Å². The Morgan fingerprint density at radius 1 is 0.875 bits per heavy atom. The Kier molecular flexibility index (Phi) is 5.01. The predicted molar refractivity (Wildman–Crippen MR) is 66.4 cm³/mol. The second kappa shape index (κ2) is 5.35. The monoisotopic (exact) mass is 220 g/mol. The molecule has 2 heteroatoms. The van der Waals surface area contributed by atoms with Crippen LogP contribution in [0.5, 0.6) is 0 Å². The van der Waals surface area contributed by atoms with Crippen LogP contribution in [-0.4, -0.2) is 0 Å². The molecular formula is C14H24N2. The zero-order valence-corrected chi connectivity index (χ0v) is 11.5. The van der Waals surface area contributed by atoms with Crippen molar-refractivity contribution in [1.29, 1.82) is 10.5 Å². The van der Waals surface area contributed by atoms with E-state index in [-0.39, 0.29) is 0 Å². The standard InChI is InChI=1S/C14H24N2/c1-11(2)7-14(10-16,8-12(3)4)13(5,6)9-15/h11-12H,7-8H2,1-6H3. The summed E-state index contributed by atoms with van der Waals surface area (Å²) in [6.07, 6.45) is 1.59. The minimum atomic E-state index is -0.587. The van der Waals surface area contributed by atoms with E-state index in [1.54, 1.807) is 0 Å². The fourth-order valence-corrected chi connectivity index (χ4v) is 2.33. The minimum Gasteiger partial charge on any atom is -0.198 e. The molecule has 0 fully saturated rings. The molecule has 90 valence electrons. The summed E-state index contributed by atoms with van der Waals surface area (Å²) in [5.74, 6) is 0.872. The average molecular weight is 220 g/mol. The van der Waals surface area contributed by atoms with Gasteiger partial charge in [0.25, 0.3) is 0 Å². The van der Waals surface area contributed by atoms with E-state index in [1.807, 2.05) is 13.8 Å². The molecule has 0 heterocycles. The van der Waals surface area contributed by atoms with E-state index in [4.69, 9.17) is 0 Å². The van der Waals surface area contributed by atoms with Crippen molar-refractivity contribution in [2.24, 2.45) is 22.7 Å². The summed E-state index contributed by atoms with van der Waals surface area (Å²) in [5.41, 5.74) is -1.11. The third-order valence-corrected chi connectivity index (χ3v) is 3.20. The van der Waals surface area contributed by atoms with Gasteiger partial charge in [0.1, 0.15) is 0 Å². The molecule has 0 radical (unpaired) electrons. The molecule has 0 aliphatic heterocycles. The topological polar surface area (TPSA) is 47.6 Å². The number of hydrogen-bond acceptors (Lipinski definition) is 2. The van der Waals surface area contributed by atoms with Gasteiger partial charge in [-0.15, -0.1) is 0 Å². The van der Waals surface area contributed by atoms with Crippen molar-refractivity contribution in [2.45, 2.75) is 54.4 Å². The molecule has 0 atom stereocenters. The van der Waals surface area contributed by atoms with Gasteiger partial charge >= 0.3 is 0 Å². The molecule has 0 unspecified atom stereocenters. The number of nitriles is 2.